The molecule has 1 saturated heterocycles. The van der Waals surface area contributed by atoms with Crippen molar-refractivity contribution in [2.75, 3.05) is 19.7 Å². The molecule has 18 heavy (non-hydrogen) atoms. The number of rotatable bonds is 4. The lowest BCUT2D eigenvalue weighted by Crippen LogP contribution is -2.53. The van der Waals surface area contributed by atoms with E-state index in [4.69, 9.17) is 14.9 Å². The molecular weight excluding hydrogens is 240 g/mol. The number of carboxylic acids is 1. The molecule has 0 spiro atoms. The van der Waals surface area contributed by atoms with Crippen LogP contribution in [0.4, 0.5) is 4.79 Å². The standard InChI is InChI=1S/C11H20N2O5/c1-7-6-18-8(2)5-13(7)11(17)12-4-3-9(14)10(15)16/h7-9,14H,3-6H2,1-2H3,(H,12,17)(H,15,16). The van der Waals surface area contributed by atoms with Crippen LogP contribution in [0.2, 0.25) is 0 Å². The van der Waals surface area contributed by atoms with Gasteiger partial charge < -0.3 is 25.2 Å². The number of hydrogen-bond donors (Lipinski definition) is 3. The molecule has 0 bridgehead atoms. The average Bonchev–Trinajstić information content (AvgIpc) is 2.31. The number of nitrogens with zero attached hydrogens (tertiary/aromatic N) is 1. The second-order valence-corrected chi connectivity index (χ2v) is 4.52. The van der Waals surface area contributed by atoms with Gasteiger partial charge in [0.2, 0.25) is 0 Å². The van der Waals surface area contributed by atoms with Crippen LogP contribution < -0.4 is 5.32 Å². The van der Waals surface area contributed by atoms with Crippen LogP contribution in [0.5, 0.6) is 0 Å². The Morgan fingerprint density at radius 3 is 2.78 bits per heavy atom. The third-order valence-electron chi connectivity index (χ3n) is 2.85. The predicted octanol–water partition coefficient (Wildman–Crippen LogP) is -0.359. The van der Waals surface area contributed by atoms with Crippen LogP contribution in [0.25, 0.3) is 0 Å². The van der Waals surface area contributed by atoms with Crippen LogP contribution >= 0.6 is 0 Å². The number of carbonyl (C=O) groups is 2. The van der Waals surface area contributed by atoms with Gasteiger partial charge in [-0.25, -0.2) is 9.59 Å². The second-order valence-electron chi connectivity index (χ2n) is 4.52. The normalized spacial score (nSPS) is 25.6. The lowest BCUT2D eigenvalue weighted by Gasteiger charge is -2.36. The van der Waals surface area contributed by atoms with Gasteiger partial charge in [-0.2, -0.15) is 0 Å². The molecule has 0 saturated carbocycles. The van der Waals surface area contributed by atoms with E-state index in [0.29, 0.717) is 13.2 Å². The van der Waals surface area contributed by atoms with Crippen molar-refractivity contribution in [1.29, 1.82) is 0 Å². The molecule has 3 N–H and O–H groups in total. The summed E-state index contributed by atoms with van der Waals surface area (Å²) < 4.78 is 5.41. The Hall–Kier alpha value is -1.34. The van der Waals surface area contributed by atoms with Crippen LogP contribution in [-0.2, 0) is 9.53 Å². The van der Waals surface area contributed by atoms with E-state index >= 15 is 0 Å². The first-order valence-corrected chi connectivity index (χ1v) is 5.98. The largest absolute Gasteiger partial charge is 0.479 e. The predicted molar refractivity (Wildman–Crippen MR) is 63.2 cm³/mol. The first-order chi connectivity index (χ1) is 8.41. The molecule has 3 atom stereocenters. The fourth-order valence-corrected chi connectivity index (χ4v) is 1.73. The molecule has 3 unspecified atom stereocenters. The lowest BCUT2D eigenvalue weighted by atomic mass is 10.2. The Balaban J connectivity index is 2.33. The zero-order chi connectivity index (χ0) is 13.7. The highest BCUT2D eigenvalue weighted by atomic mass is 16.5. The topological polar surface area (TPSA) is 99.1 Å². The summed E-state index contributed by atoms with van der Waals surface area (Å²) in [5, 5.41) is 20.1. The Bertz CT molecular complexity index is 310. The van der Waals surface area contributed by atoms with Gasteiger partial charge in [0, 0.05) is 19.5 Å². The average molecular weight is 260 g/mol. The van der Waals surface area contributed by atoms with E-state index in [0.717, 1.165) is 0 Å². The number of carbonyl (C=O) groups excluding carboxylic acids is 1. The molecule has 1 aliphatic heterocycles. The first kappa shape index (κ1) is 14.7. The molecule has 0 aromatic heterocycles. The summed E-state index contributed by atoms with van der Waals surface area (Å²) >= 11 is 0. The molecule has 1 aliphatic rings. The van der Waals surface area contributed by atoms with E-state index in [2.05, 4.69) is 5.32 Å². The quantitative estimate of drug-likeness (QED) is 0.641. The number of amides is 2. The lowest BCUT2D eigenvalue weighted by molar-refractivity contribution is -0.146. The van der Waals surface area contributed by atoms with Crippen LogP contribution in [0, 0.1) is 0 Å². The molecule has 1 heterocycles. The molecule has 7 heteroatoms. The molecule has 7 nitrogen and oxygen atoms in total. The fraction of sp³-hybridized carbons (Fsp3) is 0.818. The summed E-state index contributed by atoms with van der Waals surface area (Å²) in [7, 11) is 0. The van der Waals surface area contributed by atoms with Gasteiger partial charge in [0.1, 0.15) is 0 Å². The highest BCUT2D eigenvalue weighted by molar-refractivity contribution is 5.75. The van der Waals surface area contributed by atoms with Crippen molar-refractivity contribution < 1.29 is 24.5 Å². The zero-order valence-electron chi connectivity index (χ0n) is 10.6. The summed E-state index contributed by atoms with van der Waals surface area (Å²) in [6, 6.07) is -0.263. The highest BCUT2D eigenvalue weighted by Gasteiger charge is 2.27. The summed E-state index contributed by atoms with van der Waals surface area (Å²) in [6.07, 6.45) is -1.45. The minimum absolute atomic E-state index is 0.00319. The minimum atomic E-state index is -1.44. The Morgan fingerprint density at radius 1 is 1.50 bits per heavy atom. The van der Waals surface area contributed by atoms with Crippen molar-refractivity contribution in [1.82, 2.24) is 10.2 Å². The number of urea groups is 1. The number of morpholine rings is 1. The second kappa shape index (κ2) is 6.55. The van der Waals surface area contributed by atoms with Crippen LogP contribution in [0.15, 0.2) is 0 Å². The van der Waals surface area contributed by atoms with Crippen molar-refractivity contribution in [3.63, 3.8) is 0 Å². The molecule has 0 radical (unpaired) electrons. The van der Waals surface area contributed by atoms with E-state index in [9.17, 15) is 9.59 Å². The van der Waals surface area contributed by atoms with Crippen molar-refractivity contribution in [2.24, 2.45) is 0 Å². The van der Waals surface area contributed by atoms with E-state index in [1.807, 2.05) is 13.8 Å². The maximum absolute atomic E-state index is 11.8. The molecule has 0 aromatic carbocycles. The monoisotopic (exact) mass is 260 g/mol. The number of aliphatic hydroxyl groups excluding tert-OH is 1. The molecule has 0 aromatic rings. The smallest absolute Gasteiger partial charge is 0.332 e. The van der Waals surface area contributed by atoms with Gasteiger partial charge in [0.15, 0.2) is 6.10 Å². The number of aliphatic carboxylic acids is 1. The maximum Gasteiger partial charge on any atom is 0.332 e. The Morgan fingerprint density at radius 2 is 2.17 bits per heavy atom. The molecular formula is C11H20N2O5. The van der Waals surface area contributed by atoms with Crippen molar-refractivity contribution in [3.05, 3.63) is 0 Å². The maximum atomic E-state index is 11.8. The van der Waals surface area contributed by atoms with Crippen molar-refractivity contribution in [3.8, 4) is 0 Å². The van der Waals surface area contributed by atoms with Gasteiger partial charge in [0.05, 0.1) is 18.8 Å². The SMILES string of the molecule is CC1CN(C(=O)NCCC(O)C(=O)O)C(C)CO1. The van der Waals surface area contributed by atoms with Gasteiger partial charge in [-0.3, -0.25) is 0 Å². The van der Waals surface area contributed by atoms with E-state index in [1.165, 1.54) is 0 Å². The Labute approximate surface area is 106 Å². The van der Waals surface area contributed by atoms with Crippen LogP contribution in [0.3, 0.4) is 0 Å². The van der Waals surface area contributed by atoms with Gasteiger partial charge in [-0.05, 0) is 13.8 Å². The zero-order valence-corrected chi connectivity index (χ0v) is 10.6. The summed E-state index contributed by atoms with van der Waals surface area (Å²) in [5.41, 5.74) is 0. The van der Waals surface area contributed by atoms with Gasteiger partial charge in [-0.15, -0.1) is 0 Å². The Kier molecular flexibility index (Phi) is 5.36. The van der Waals surface area contributed by atoms with Gasteiger partial charge in [0.25, 0.3) is 0 Å². The molecule has 0 aliphatic carbocycles. The molecule has 2 amide bonds. The van der Waals surface area contributed by atoms with Crippen molar-refractivity contribution >= 4 is 12.0 Å². The third kappa shape index (κ3) is 4.15. The summed E-state index contributed by atoms with van der Waals surface area (Å²) in [6.45, 7) is 4.91. The molecule has 1 rings (SSSR count). The number of nitrogens with one attached hydrogen (secondary N) is 1. The minimum Gasteiger partial charge on any atom is -0.479 e. The van der Waals surface area contributed by atoms with Crippen molar-refractivity contribution in [2.45, 2.75) is 38.5 Å². The number of hydrogen-bond acceptors (Lipinski definition) is 4. The number of ether oxygens (including phenoxy) is 1. The first-order valence-electron chi connectivity index (χ1n) is 5.98. The van der Waals surface area contributed by atoms with Gasteiger partial charge >= 0.3 is 12.0 Å². The fourth-order valence-electron chi connectivity index (χ4n) is 1.73. The van der Waals surface area contributed by atoms with Crippen LogP contribution in [0.1, 0.15) is 20.3 Å². The van der Waals surface area contributed by atoms with E-state index in [-0.39, 0.29) is 31.1 Å². The summed E-state index contributed by atoms with van der Waals surface area (Å²) in [5.74, 6) is -1.28. The summed E-state index contributed by atoms with van der Waals surface area (Å²) in [4.78, 5) is 23.9. The number of aliphatic hydroxyl groups is 1. The van der Waals surface area contributed by atoms with E-state index < -0.39 is 12.1 Å². The molecule has 104 valence electrons. The van der Waals surface area contributed by atoms with E-state index in [1.54, 1.807) is 4.90 Å². The highest BCUT2D eigenvalue weighted by Crippen LogP contribution is 2.11. The number of carboxylic acid groups (broad SMARTS) is 1. The third-order valence-corrected chi connectivity index (χ3v) is 2.85. The van der Waals surface area contributed by atoms with Crippen LogP contribution in [-0.4, -0.2) is 65.1 Å². The van der Waals surface area contributed by atoms with Gasteiger partial charge in [-0.1, -0.05) is 0 Å². The molecule has 1 fully saturated rings.